The molecule has 0 bridgehead atoms. The highest BCUT2D eigenvalue weighted by Gasteiger charge is 2.03. The largest absolute Gasteiger partial charge is 0.496 e. The lowest BCUT2D eigenvalue weighted by Gasteiger charge is -2.09. The summed E-state index contributed by atoms with van der Waals surface area (Å²) in [5.74, 6) is 0.895. The van der Waals surface area contributed by atoms with Gasteiger partial charge >= 0.3 is 6.03 Å². The molecule has 21 heavy (non-hydrogen) atoms. The predicted octanol–water partition coefficient (Wildman–Crippen LogP) is 3.45. The van der Waals surface area contributed by atoms with Gasteiger partial charge in [-0.3, -0.25) is 0 Å². The summed E-state index contributed by atoms with van der Waals surface area (Å²) >= 11 is 0. The Hall–Kier alpha value is -2.49. The van der Waals surface area contributed by atoms with E-state index in [1.54, 1.807) is 7.11 Å². The van der Waals surface area contributed by atoms with Gasteiger partial charge in [-0.15, -0.1) is 0 Å². The van der Waals surface area contributed by atoms with Gasteiger partial charge in [0.05, 0.1) is 7.11 Å². The minimum Gasteiger partial charge on any atom is -0.496 e. The Labute approximate surface area is 125 Å². The number of aryl methyl sites for hydroxylation is 1. The van der Waals surface area contributed by atoms with Crippen LogP contribution in [0, 0.1) is 0 Å². The highest BCUT2D eigenvalue weighted by atomic mass is 16.5. The van der Waals surface area contributed by atoms with E-state index in [4.69, 9.17) is 4.74 Å². The normalized spacial score (nSPS) is 9.95. The van der Waals surface area contributed by atoms with Crippen molar-refractivity contribution in [2.24, 2.45) is 0 Å². The Morgan fingerprint density at radius 2 is 1.76 bits per heavy atom. The molecule has 0 atom stereocenters. The molecule has 0 radical (unpaired) electrons. The van der Waals surface area contributed by atoms with Crippen LogP contribution >= 0.6 is 0 Å². The Morgan fingerprint density at radius 1 is 1.05 bits per heavy atom. The Bertz CT molecular complexity index is 570. The zero-order valence-electron chi connectivity index (χ0n) is 12.1. The first-order valence-corrected chi connectivity index (χ1v) is 7.01. The average Bonchev–Trinajstić information content (AvgIpc) is 2.53. The Kier molecular flexibility index (Phi) is 5.64. The van der Waals surface area contributed by atoms with Crippen LogP contribution < -0.4 is 15.4 Å². The lowest BCUT2D eigenvalue weighted by molar-refractivity contribution is 0.252. The van der Waals surface area contributed by atoms with Crippen LogP contribution in [0.2, 0.25) is 0 Å². The lowest BCUT2D eigenvalue weighted by Crippen LogP contribution is -2.29. The van der Waals surface area contributed by atoms with E-state index in [1.807, 2.05) is 54.6 Å². The maximum absolute atomic E-state index is 11.7. The van der Waals surface area contributed by atoms with Crippen molar-refractivity contribution in [3.05, 3.63) is 60.2 Å². The maximum Gasteiger partial charge on any atom is 0.319 e. The third-order valence-electron chi connectivity index (χ3n) is 3.13. The number of rotatable bonds is 6. The summed E-state index contributed by atoms with van der Waals surface area (Å²) in [6.07, 6.45) is 1.73. The number of amides is 2. The predicted molar refractivity (Wildman–Crippen MR) is 84.8 cm³/mol. The van der Waals surface area contributed by atoms with Crippen molar-refractivity contribution < 1.29 is 9.53 Å². The molecule has 4 nitrogen and oxygen atoms in total. The van der Waals surface area contributed by atoms with Crippen molar-refractivity contribution in [1.29, 1.82) is 0 Å². The molecule has 110 valence electrons. The first-order valence-electron chi connectivity index (χ1n) is 7.01. The molecular weight excluding hydrogens is 264 g/mol. The van der Waals surface area contributed by atoms with E-state index in [1.165, 1.54) is 0 Å². The molecule has 2 N–H and O–H groups in total. The van der Waals surface area contributed by atoms with Crippen molar-refractivity contribution in [2.45, 2.75) is 12.8 Å². The minimum atomic E-state index is -0.179. The van der Waals surface area contributed by atoms with Crippen LogP contribution in [0.1, 0.15) is 12.0 Å². The van der Waals surface area contributed by atoms with Gasteiger partial charge in [0.15, 0.2) is 0 Å². The van der Waals surface area contributed by atoms with Crippen LogP contribution in [0.3, 0.4) is 0 Å². The molecule has 0 aliphatic carbocycles. The number of para-hydroxylation sites is 2. The van der Waals surface area contributed by atoms with Gasteiger partial charge in [-0.2, -0.15) is 0 Å². The number of methoxy groups -OCH3 is 1. The number of nitrogens with one attached hydrogen (secondary N) is 2. The molecule has 0 aliphatic rings. The van der Waals surface area contributed by atoms with Gasteiger partial charge in [0.2, 0.25) is 0 Å². The summed E-state index contributed by atoms with van der Waals surface area (Å²) < 4.78 is 5.30. The molecule has 0 spiro atoms. The Morgan fingerprint density at radius 3 is 2.52 bits per heavy atom. The van der Waals surface area contributed by atoms with E-state index in [9.17, 15) is 4.79 Å². The molecule has 2 aromatic rings. The average molecular weight is 284 g/mol. The van der Waals surface area contributed by atoms with E-state index >= 15 is 0 Å². The molecule has 4 heteroatoms. The topological polar surface area (TPSA) is 50.4 Å². The van der Waals surface area contributed by atoms with Gasteiger partial charge in [-0.05, 0) is 36.6 Å². The fourth-order valence-corrected chi connectivity index (χ4v) is 2.09. The number of ether oxygens (including phenoxy) is 1. The van der Waals surface area contributed by atoms with E-state index < -0.39 is 0 Å². The van der Waals surface area contributed by atoms with Crippen LogP contribution in [0.5, 0.6) is 5.75 Å². The van der Waals surface area contributed by atoms with Crippen molar-refractivity contribution in [3.63, 3.8) is 0 Å². The van der Waals surface area contributed by atoms with Crippen LogP contribution in [0.25, 0.3) is 0 Å². The summed E-state index contributed by atoms with van der Waals surface area (Å²) in [5.41, 5.74) is 1.95. The molecule has 2 aromatic carbocycles. The van der Waals surface area contributed by atoms with Crippen LogP contribution in [0.15, 0.2) is 54.6 Å². The molecule has 2 amide bonds. The van der Waals surface area contributed by atoms with Gasteiger partial charge in [0.1, 0.15) is 5.75 Å². The number of carbonyl (C=O) groups excluding carboxylic acids is 1. The van der Waals surface area contributed by atoms with Gasteiger partial charge in [0, 0.05) is 12.2 Å². The highest BCUT2D eigenvalue weighted by Crippen LogP contribution is 2.18. The third-order valence-corrected chi connectivity index (χ3v) is 3.13. The second-order valence-corrected chi connectivity index (χ2v) is 4.66. The number of hydrogen-bond acceptors (Lipinski definition) is 2. The molecule has 0 saturated carbocycles. The first-order chi connectivity index (χ1) is 10.3. The smallest absolute Gasteiger partial charge is 0.319 e. The molecule has 0 fully saturated rings. The van der Waals surface area contributed by atoms with Crippen molar-refractivity contribution in [3.8, 4) is 5.75 Å². The number of benzene rings is 2. The van der Waals surface area contributed by atoms with E-state index in [0.717, 1.165) is 29.8 Å². The lowest BCUT2D eigenvalue weighted by atomic mass is 10.1. The Balaban J connectivity index is 1.71. The highest BCUT2D eigenvalue weighted by molar-refractivity contribution is 5.89. The summed E-state index contributed by atoms with van der Waals surface area (Å²) in [7, 11) is 1.67. The molecule has 0 unspecified atom stereocenters. The van der Waals surface area contributed by atoms with Crippen molar-refractivity contribution in [1.82, 2.24) is 5.32 Å². The summed E-state index contributed by atoms with van der Waals surface area (Å²) in [6, 6.07) is 17.2. The van der Waals surface area contributed by atoms with E-state index in [2.05, 4.69) is 10.6 Å². The first kappa shape index (κ1) is 14.9. The fraction of sp³-hybridized carbons (Fsp3) is 0.235. The zero-order chi connectivity index (χ0) is 14.9. The van der Waals surface area contributed by atoms with Crippen LogP contribution in [-0.4, -0.2) is 19.7 Å². The van der Waals surface area contributed by atoms with Gasteiger partial charge < -0.3 is 15.4 Å². The van der Waals surface area contributed by atoms with Crippen LogP contribution in [0.4, 0.5) is 10.5 Å². The molecule has 0 aromatic heterocycles. The summed E-state index contributed by atoms with van der Waals surface area (Å²) in [5, 5.41) is 5.64. The van der Waals surface area contributed by atoms with Gasteiger partial charge in [-0.1, -0.05) is 36.4 Å². The number of urea groups is 1. The number of carbonyl (C=O) groups is 1. The summed E-state index contributed by atoms with van der Waals surface area (Å²) in [6.45, 7) is 0.622. The van der Waals surface area contributed by atoms with Gasteiger partial charge in [-0.25, -0.2) is 4.79 Å². The molecule has 2 rings (SSSR count). The zero-order valence-corrected chi connectivity index (χ0v) is 12.1. The SMILES string of the molecule is COc1ccccc1CCCNC(=O)Nc1ccccc1. The monoisotopic (exact) mass is 284 g/mol. The second-order valence-electron chi connectivity index (χ2n) is 4.66. The minimum absolute atomic E-state index is 0.179. The van der Waals surface area contributed by atoms with E-state index in [-0.39, 0.29) is 6.03 Å². The standard InChI is InChI=1S/C17H20N2O2/c1-21-16-12-6-5-8-14(16)9-7-13-18-17(20)19-15-10-3-2-4-11-15/h2-6,8,10-12H,7,9,13H2,1H3,(H2,18,19,20). The summed E-state index contributed by atoms with van der Waals surface area (Å²) in [4.78, 5) is 11.7. The quantitative estimate of drug-likeness (QED) is 0.798. The number of anilines is 1. The van der Waals surface area contributed by atoms with Gasteiger partial charge in [0.25, 0.3) is 0 Å². The van der Waals surface area contributed by atoms with Crippen LogP contribution in [-0.2, 0) is 6.42 Å². The van der Waals surface area contributed by atoms with Crippen molar-refractivity contribution in [2.75, 3.05) is 19.0 Å². The number of hydrogen-bond donors (Lipinski definition) is 2. The maximum atomic E-state index is 11.7. The fourth-order valence-electron chi connectivity index (χ4n) is 2.09. The van der Waals surface area contributed by atoms with E-state index in [0.29, 0.717) is 6.54 Å². The van der Waals surface area contributed by atoms with Crippen molar-refractivity contribution >= 4 is 11.7 Å². The molecule has 0 saturated heterocycles. The third kappa shape index (κ3) is 4.84. The second kappa shape index (κ2) is 7.94. The molecular formula is C17H20N2O2. The molecule has 0 aliphatic heterocycles. The molecule has 0 heterocycles.